The third kappa shape index (κ3) is 3.76. The van der Waals surface area contributed by atoms with E-state index in [1.165, 1.54) is 0 Å². The minimum Gasteiger partial charge on any atom is -0.473 e. The average molecular weight is 304 g/mol. The topological polar surface area (TPSA) is 48.1 Å². The predicted octanol–water partition coefficient (Wildman–Crippen LogP) is 4.02. The van der Waals surface area contributed by atoms with Crippen molar-refractivity contribution in [1.29, 1.82) is 0 Å². The van der Waals surface area contributed by atoms with Gasteiger partial charge < -0.3 is 10.5 Å². The van der Waals surface area contributed by atoms with E-state index >= 15 is 0 Å². The van der Waals surface area contributed by atoms with Crippen LogP contribution in [0.4, 0.5) is 0 Å². The number of nitrogens with zero attached hydrogens (tertiary/aromatic N) is 1. The van der Waals surface area contributed by atoms with Crippen LogP contribution in [0.15, 0.2) is 72.8 Å². The maximum absolute atomic E-state index is 6.35. The van der Waals surface area contributed by atoms with Gasteiger partial charge in [0.05, 0.1) is 6.04 Å². The Morgan fingerprint density at radius 2 is 1.57 bits per heavy atom. The van der Waals surface area contributed by atoms with Crippen molar-refractivity contribution in [2.24, 2.45) is 5.73 Å². The monoisotopic (exact) mass is 304 g/mol. The molecule has 1 unspecified atom stereocenters. The maximum Gasteiger partial charge on any atom is 0.213 e. The summed E-state index contributed by atoms with van der Waals surface area (Å²) in [5, 5.41) is 0. The van der Waals surface area contributed by atoms with Crippen molar-refractivity contribution in [1.82, 2.24) is 4.98 Å². The molecule has 0 aliphatic carbocycles. The van der Waals surface area contributed by atoms with Gasteiger partial charge >= 0.3 is 0 Å². The van der Waals surface area contributed by atoms with E-state index < -0.39 is 0 Å². The Balaban J connectivity index is 1.73. The van der Waals surface area contributed by atoms with Gasteiger partial charge in [-0.1, -0.05) is 60.7 Å². The zero-order valence-corrected chi connectivity index (χ0v) is 13.1. The molecule has 3 rings (SSSR count). The summed E-state index contributed by atoms with van der Waals surface area (Å²) in [6.45, 7) is 2.48. The molecule has 2 N–H and O–H groups in total. The number of aromatic nitrogens is 1. The second-order valence-electron chi connectivity index (χ2n) is 5.49. The van der Waals surface area contributed by atoms with Crippen LogP contribution in [0.1, 0.15) is 28.4 Å². The van der Waals surface area contributed by atoms with Crippen molar-refractivity contribution in [3.8, 4) is 5.88 Å². The molecule has 116 valence electrons. The quantitative estimate of drug-likeness (QED) is 0.774. The molecule has 0 aliphatic heterocycles. The predicted molar refractivity (Wildman–Crippen MR) is 92.2 cm³/mol. The Morgan fingerprint density at radius 3 is 2.22 bits per heavy atom. The molecule has 0 amide bonds. The first-order chi connectivity index (χ1) is 11.2. The van der Waals surface area contributed by atoms with E-state index in [2.05, 4.69) is 4.98 Å². The van der Waals surface area contributed by atoms with Crippen molar-refractivity contribution >= 4 is 0 Å². The molecule has 0 aliphatic rings. The van der Waals surface area contributed by atoms with Gasteiger partial charge in [0.15, 0.2) is 0 Å². The van der Waals surface area contributed by atoms with Crippen LogP contribution >= 0.6 is 0 Å². The van der Waals surface area contributed by atoms with Crippen molar-refractivity contribution in [2.75, 3.05) is 0 Å². The number of nitrogens with two attached hydrogens (primary N) is 1. The first-order valence-corrected chi connectivity index (χ1v) is 7.69. The highest BCUT2D eigenvalue weighted by Crippen LogP contribution is 2.23. The zero-order chi connectivity index (χ0) is 16.1. The summed E-state index contributed by atoms with van der Waals surface area (Å²) in [5.74, 6) is 0.621. The number of pyridine rings is 1. The first kappa shape index (κ1) is 15.3. The van der Waals surface area contributed by atoms with Crippen LogP contribution in [-0.4, -0.2) is 4.98 Å². The fourth-order valence-electron chi connectivity index (χ4n) is 2.53. The molecule has 0 radical (unpaired) electrons. The summed E-state index contributed by atoms with van der Waals surface area (Å²) in [7, 11) is 0. The summed E-state index contributed by atoms with van der Waals surface area (Å²) >= 11 is 0. The van der Waals surface area contributed by atoms with Gasteiger partial charge in [0.1, 0.15) is 6.61 Å². The molecule has 0 saturated carbocycles. The van der Waals surface area contributed by atoms with Crippen molar-refractivity contribution < 1.29 is 4.74 Å². The molecule has 0 saturated heterocycles. The van der Waals surface area contributed by atoms with E-state index in [0.29, 0.717) is 12.5 Å². The first-order valence-electron chi connectivity index (χ1n) is 7.69. The highest BCUT2D eigenvalue weighted by Gasteiger charge is 2.12. The van der Waals surface area contributed by atoms with Crippen molar-refractivity contribution in [3.63, 3.8) is 0 Å². The number of hydrogen-bond donors (Lipinski definition) is 1. The summed E-state index contributed by atoms with van der Waals surface area (Å²) in [6, 6.07) is 23.8. The lowest BCUT2D eigenvalue weighted by atomic mass is 9.99. The molecule has 0 fully saturated rings. The molecule has 3 nitrogen and oxygen atoms in total. The van der Waals surface area contributed by atoms with Crippen LogP contribution < -0.4 is 10.5 Å². The van der Waals surface area contributed by atoms with Gasteiger partial charge in [0.2, 0.25) is 5.88 Å². The summed E-state index contributed by atoms with van der Waals surface area (Å²) in [6.07, 6.45) is 0. The van der Waals surface area contributed by atoms with E-state index in [-0.39, 0.29) is 6.04 Å². The summed E-state index contributed by atoms with van der Waals surface area (Å²) < 4.78 is 5.76. The van der Waals surface area contributed by atoms with Crippen LogP contribution in [0, 0.1) is 6.92 Å². The van der Waals surface area contributed by atoms with Crippen LogP contribution in [0.3, 0.4) is 0 Å². The molecule has 1 heterocycles. The number of aryl methyl sites for hydroxylation is 1. The van der Waals surface area contributed by atoms with Crippen LogP contribution in [0.2, 0.25) is 0 Å². The Labute approximate surface area is 136 Å². The molecule has 3 heteroatoms. The normalized spacial score (nSPS) is 11.9. The van der Waals surface area contributed by atoms with E-state index in [1.807, 2.05) is 79.7 Å². The van der Waals surface area contributed by atoms with Crippen molar-refractivity contribution in [2.45, 2.75) is 19.6 Å². The van der Waals surface area contributed by atoms with Crippen LogP contribution in [0.25, 0.3) is 0 Å². The molecule has 0 bridgehead atoms. The Morgan fingerprint density at radius 1 is 0.913 bits per heavy atom. The van der Waals surface area contributed by atoms with Crippen LogP contribution in [-0.2, 0) is 6.61 Å². The van der Waals surface area contributed by atoms with Gasteiger partial charge in [-0.05, 0) is 29.7 Å². The second kappa shape index (κ2) is 7.07. The summed E-state index contributed by atoms with van der Waals surface area (Å²) in [4.78, 5) is 4.53. The molecule has 3 aromatic rings. The van der Waals surface area contributed by atoms with Gasteiger partial charge in [-0.25, -0.2) is 4.98 Å². The molecule has 1 aromatic heterocycles. The molecular weight excluding hydrogens is 284 g/mol. The SMILES string of the molecule is Cc1nc(OCc2ccccc2)ccc1C(N)c1ccccc1. The van der Waals surface area contributed by atoms with Gasteiger partial charge in [0, 0.05) is 11.8 Å². The largest absolute Gasteiger partial charge is 0.473 e. The fourth-order valence-corrected chi connectivity index (χ4v) is 2.53. The lowest BCUT2D eigenvalue weighted by molar-refractivity contribution is 0.293. The molecule has 23 heavy (non-hydrogen) atoms. The highest BCUT2D eigenvalue weighted by molar-refractivity contribution is 5.35. The third-order valence-electron chi connectivity index (χ3n) is 3.82. The summed E-state index contributed by atoms with van der Waals surface area (Å²) in [5.41, 5.74) is 10.5. The lowest BCUT2D eigenvalue weighted by Gasteiger charge is -2.15. The molecule has 1 atom stereocenters. The average Bonchev–Trinajstić information content (AvgIpc) is 2.61. The standard InChI is InChI=1S/C20H20N2O/c1-15-18(20(21)17-10-6-3-7-11-17)12-13-19(22-15)23-14-16-8-4-2-5-9-16/h2-13,20H,14,21H2,1H3. The number of hydrogen-bond acceptors (Lipinski definition) is 3. The lowest BCUT2D eigenvalue weighted by Crippen LogP contribution is -2.14. The van der Waals surface area contributed by atoms with E-state index in [1.54, 1.807) is 0 Å². The minimum absolute atomic E-state index is 0.174. The van der Waals surface area contributed by atoms with E-state index in [0.717, 1.165) is 22.4 Å². The number of rotatable bonds is 5. The number of ether oxygens (including phenoxy) is 1. The number of benzene rings is 2. The van der Waals surface area contributed by atoms with Gasteiger partial charge in [-0.3, -0.25) is 0 Å². The molecular formula is C20H20N2O. The van der Waals surface area contributed by atoms with Crippen LogP contribution in [0.5, 0.6) is 5.88 Å². The van der Waals surface area contributed by atoms with Crippen molar-refractivity contribution in [3.05, 3.63) is 95.2 Å². The Bertz CT molecular complexity index is 757. The molecule has 2 aromatic carbocycles. The minimum atomic E-state index is -0.174. The third-order valence-corrected chi connectivity index (χ3v) is 3.82. The highest BCUT2D eigenvalue weighted by atomic mass is 16.5. The van der Waals surface area contributed by atoms with Gasteiger partial charge in [-0.15, -0.1) is 0 Å². The van der Waals surface area contributed by atoms with E-state index in [9.17, 15) is 0 Å². The molecule has 0 spiro atoms. The van der Waals surface area contributed by atoms with Gasteiger partial charge in [-0.2, -0.15) is 0 Å². The van der Waals surface area contributed by atoms with E-state index in [4.69, 9.17) is 10.5 Å². The zero-order valence-electron chi connectivity index (χ0n) is 13.1. The van der Waals surface area contributed by atoms with Gasteiger partial charge in [0.25, 0.3) is 0 Å². The Kier molecular flexibility index (Phi) is 4.69. The smallest absolute Gasteiger partial charge is 0.213 e. The maximum atomic E-state index is 6.35. The Hall–Kier alpha value is -2.65. The second-order valence-corrected chi connectivity index (χ2v) is 5.49. The fraction of sp³-hybridized carbons (Fsp3) is 0.150.